The third kappa shape index (κ3) is 3.49. The highest BCUT2D eigenvalue weighted by molar-refractivity contribution is 7.93. The van der Waals surface area contributed by atoms with Crippen LogP contribution < -0.4 is 10.0 Å². The van der Waals surface area contributed by atoms with Crippen LogP contribution in [0.25, 0.3) is 0 Å². The second-order valence-corrected chi connectivity index (χ2v) is 7.13. The highest BCUT2D eigenvalue weighted by Gasteiger charge is 2.17. The minimum absolute atomic E-state index is 0.167. The molecule has 0 aliphatic carbocycles. The lowest BCUT2D eigenvalue weighted by Gasteiger charge is -2.09. The Morgan fingerprint density at radius 3 is 2.75 bits per heavy atom. The van der Waals surface area contributed by atoms with Crippen molar-refractivity contribution in [2.75, 3.05) is 11.8 Å². The molecule has 1 aromatic carbocycles. The molecule has 0 radical (unpaired) electrons. The van der Waals surface area contributed by atoms with Gasteiger partial charge in [-0.25, -0.2) is 13.4 Å². The summed E-state index contributed by atoms with van der Waals surface area (Å²) in [6.45, 7) is 2.31. The normalized spacial score (nSPS) is 11.6. The molecule has 2 rings (SSSR count). The van der Waals surface area contributed by atoms with E-state index >= 15 is 0 Å². The molecule has 108 valence electrons. The third-order valence-electron chi connectivity index (χ3n) is 2.54. The lowest BCUT2D eigenvalue weighted by Crippen LogP contribution is -2.14. The lowest BCUT2D eigenvalue weighted by atomic mass is 10.2. The number of hydrogen-bond donors (Lipinski definition) is 2. The molecule has 1 heterocycles. The maximum Gasteiger partial charge on any atom is 0.263 e. The zero-order chi connectivity index (χ0) is 14.8. The number of rotatable bonds is 5. The number of nitrogens with zero attached hydrogens (tertiary/aromatic N) is 1. The van der Waals surface area contributed by atoms with Gasteiger partial charge in [0, 0.05) is 16.9 Å². The van der Waals surface area contributed by atoms with Crippen LogP contribution in [0.3, 0.4) is 0 Å². The summed E-state index contributed by atoms with van der Waals surface area (Å²) in [5.41, 5.74) is 1.51. The first-order valence-corrected chi connectivity index (χ1v) is 8.54. The lowest BCUT2D eigenvalue weighted by molar-refractivity contribution is 0.601. The molecule has 0 saturated carbocycles. The Balaban J connectivity index is 2.31. The number of sulfonamides is 1. The van der Waals surface area contributed by atoms with Gasteiger partial charge >= 0.3 is 0 Å². The summed E-state index contributed by atoms with van der Waals surface area (Å²) in [6, 6.07) is 4.61. The van der Waals surface area contributed by atoms with Crippen molar-refractivity contribution in [2.45, 2.75) is 18.4 Å². The van der Waals surface area contributed by atoms with Crippen LogP contribution in [0.4, 0.5) is 5.13 Å². The van der Waals surface area contributed by atoms with Gasteiger partial charge in [0.25, 0.3) is 10.0 Å². The summed E-state index contributed by atoms with van der Waals surface area (Å²) in [5.74, 6) is 0. The van der Waals surface area contributed by atoms with Crippen molar-refractivity contribution in [1.82, 2.24) is 10.3 Å². The van der Waals surface area contributed by atoms with Gasteiger partial charge < -0.3 is 5.32 Å². The standard InChI is InChI=1S/C12H14ClN3O2S2/c1-8-7-19-12(15-8)16-20(17,18)10-3-4-11(13)9(5-10)6-14-2/h3-5,7,14H,6H2,1-2H3,(H,15,16). The quantitative estimate of drug-likeness (QED) is 0.883. The zero-order valence-corrected chi connectivity index (χ0v) is 13.4. The van der Waals surface area contributed by atoms with Crippen molar-refractivity contribution in [3.63, 3.8) is 0 Å². The molecule has 2 aromatic rings. The number of anilines is 1. The van der Waals surface area contributed by atoms with E-state index in [4.69, 9.17) is 11.6 Å². The molecular weight excluding hydrogens is 318 g/mol. The average Bonchev–Trinajstić information content (AvgIpc) is 2.77. The van der Waals surface area contributed by atoms with E-state index in [0.29, 0.717) is 16.7 Å². The van der Waals surface area contributed by atoms with E-state index in [0.717, 1.165) is 11.3 Å². The average molecular weight is 332 g/mol. The van der Waals surface area contributed by atoms with Crippen LogP contribution in [0.1, 0.15) is 11.3 Å². The van der Waals surface area contributed by atoms with Crippen LogP contribution in [-0.2, 0) is 16.6 Å². The maximum atomic E-state index is 12.3. The summed E-state index contributed by atoms with van der Waals surface area (Å²) in [7, 11) is -1.87. The third-order valence-corrected chi connectivity index (χ3v) is 5.25. The molecule has 5 nitrogen and oxygen atoms in total. The highest BCUT2D eigenvalue weighted by Crippen LogP contribution is 2.23. The first-order chi connectivity index (χ1) is 9.42. The van der Waals surface area contributed by atoms with Crippen molar-refractivity contribution >= 4 is 38.1 Å². The van der Waals surface area contributed by atoms with Crippen molar-refractivity contribution < 1.29 is 8.42 Å². The molecular formula is C12H14ClN3O2S2. The second-order valence-electron chi connectivity index (χ2n) is 4.18. The van der Waals surface area contributed by atoms with Gasteiger partial charge in [-0.05, 0) is 37.7 Å². The molecule has 0 aliphatic rings. The first-order valence-electron chi connectivity index (χ1n) is 5.80. The Hall–Kier alpha value is -1.15. The molecule has 0 amide bonds. The Morgan fingerprint density at radius 1 is 1.40 bits per heavy atom. The van der Waals surface area contributed by atoms with Crippen molar-refractivity contribution in [3.05, 3.63) is 39.9 Å². The number of halogens is 1. The van der Waals surface area contributed by atoms with E-state index in [1.807, 2.05) is 6.92 Å². The minimum atomic E-state index is -3.65. The van der Waals surface area contributed by atoms with E-state index in [1.54, 1.807) is 24.6 Å². The molecule has 1 aromatic heterocycles. The molecule has 0 unspecified atom stereocenters. The Kier molecular flexibility index (Phi) is 4.64. The molecule has 0 spiro atoms. The summed E-state index contributed by atoms with van der Waals surface area (Å²) in [6.07, 6.45) is 0. The fourth-order valence-corrected chi connectivity index (χ4v) is 3.79. The van der Waals surface area contributed by atoms with Crippen molar-refractivity contribution in [3.8, 4) is 0 Å². The predicted octanol–water partition coefficient (Wildman–Crippen LogP) is 2.63. The van der Waals surface area contributed by atoms with Gasteiger partial charge in [-0.3, -0.25) is 4.72 Å². The Morgan fingerprint density at radius 2 is 2.15 bits per heavy atom. The van der Waals surface area contributed by atoms with Crippen LogP contribution in [0.15, 0.2) is 28.5 Å². The van der Waals surface area contributed by atoms with E-state index in [9.17, 15) is 8.42 Å². The van der Waals surface area contributed by atoms with Gasteiger partial charge in [-0.15, -0.1) is 11.3 Å². The van der Waals surface area contributed by atoms with Crippen LogP contribution in [0.5, 0.6) is 0 Å². The summed E-state index contributed by atoms with van der Waals surface area (Å²) < 4.78 is 27.0. The van der Waals surface area contributed by atoms with Gasteiger partial charge in [-0.2, -0.15) is 0 Å². The van der Waals surface area contributed by atoms with Crippen molar-refractivity contribution in [2.24, 2.45) is 0 Å². The van der Waals surface area contributed by atoms with Crippen molar-refractivity contribution in [1.29, 1.82) is 0 Å². The molecule has 20 heavy (non-hydrogen) atoms. The summed E-state index contributed by atoms with van der Waals surface area (Å²) in [5, 5.41) is 5.62. The fourth-order valence-electron chi connectivity index (χ4n) is 1.62. The summed E-state index contributed by atoms with van der Waals surface area (Å²) in [4.78, 5) is 4.25. The van der Waals surface area contributed by atoms with Gasteiger partial charge in [0.05, 0.1) is 10.6 Å². The topological polar surface area (TPSA) is 71.1 Å². The predicted molar refractivity (Wildman–Crippen MR) is 81.9 cm³/mol. The number of benzene rings is 1. The second kappa shape index (κ2) is 6.09. The van der Waals surface area contributed by atoms with Crippen LogP contribution >= 0.6 is 22.9 Å². The number of aromatic nitrogens is 1. The van der Waals surface area contributed by atoms with E-state index < -0.39 is 10.0 Å². The number of thiazole rings is 1. The zero-order valence-electron chi connectivity index (χ0n) is 11.0. The smallest absolute Gasteiger partial charge is 0.263 e. The van der Waals surface area contributed by atoms with E-state index in [-0.39, 0.29) is 4.90 Å². The monoisotopic (exact) mass is 331 g/mol. The molecule has 0 bridgehead atoms. The molecule has 8 heteroatoms. The molecule has 2 N–H and O–H groups in total. The van der Waals surface area contributed by atoms with Crippen LogP contribution in [0.2, 0.25) is 5.02 Å². The maximum absolute atomic E-state index is 12.3. The number of hydrogen-bond acceptors (Lipinski definition) is 5. The van der Waals surface area contributed by atoms with Gasteiger partial charge in [0.1, 0.15) is 0 Å². The van der Waals surface area contributed by atoms with Gasteiger partial charge in [-0.1, -0.05) is 11.6 Å². The van der Waals surface area contributed by atoms with Crippen LogP contribution in [-0.4, -0.2) is 20.4 Å². The molecule has 0 fully saturated rings. The van der Waals surface area contributed by atoms with Gasteiger partial charge in [0.2, 0.25) is 0 Å². The Labute approximate surface area is 127 Å². The first kappa shape index (κ1) is 15.2. The largest absolute Gasteiger partial charge is 0.316 e. The molecule has 0 aliphatic heterocycles. The Bertz CT molecular complexity index is 713. The van der Waals surface area contributed by atoms with Gasteiger partial charge in [0.15, 0.2) is 5.13 Å². The molecule has 0 atom stereocenters. The number of aryl methyl sites for hydroxylation is 1. The van der Waals surface area contributed by atoms with E-state index in [2.05, 4.69) is 15.0 Å². The molecule has 0 saturated heterocycles. The minimum Gasteiger partial charge on any atom is -0.316 e. The van der Waals surface area contributed by atoms with Crippen LogP contribution in [0, 0.1) is 6.92 Å². The summed E-state index contributed by atoms with van der Waals surface area (Å²) >= 11 is 7.27. The SMILES string of the molecule is CNCc1cc(S(=O)(=O)Nc2nc(C)cs2)ccc1Cl. The highest BCUT2D eigenvalue weighted by atomic mass is 35.5. The number of nitrogens with one attached hydrogen (secondary N) is 2. The fraction of sp³-hybridized carbons (Fsp3) is 0.250. The van der Waals surface area contributed by atoms with E-state index in [1.165, 1.54) is 17.4 Å².